The quantitative estimate of drug-likeness (QED) is 0.302. The molecule has 156 valence electrons. The topological polar surface area (TPSA) is 77.0 Å². The van der Waals surface area contributed by atoms with E-state index >= 15 is 0 Å². The van der Waals surface area contributed by atoms with Gasteiger partial charge in [0.15, 0.2) is 0 Å². The summed E-state index contributed by atoms with van der Waals surface area (Å²) in [7, 11) is 0. The van der Waals surface area contributed by atoms with Gasteiger partial charge in [0.1, 0.15) is 0 Å². The Kier molecular flexibility index (Phi) is 21.8. The van der Waals surface area contributed by atoms with Gasteiger partial charge in [-0.25, -0.2) is 0 Å². The van der Waals surface area contributed by atoms with Crippen molar-refractivity contribution >= 4 is 5.91 Å². The SMILES string of the molecule is CCCCCCCCCCCC(=O)NCCOCCOCCOCCO. The number of unbranched alkanes of at least 4 members (excludes halogenated alkanes) is 8. The Bertz CT molecular complexity index is 289. The number of ether oxygens (including phenoxy) is 3. The molecule has 0 aromatic heterocycles. The van der Waals surface area contributed by atoms with Crippen LogP contribution >= 0.6 is 0 Å². The predicted octanol–water partition coefficient (Wildman–Crippen LogP) is 3.07. The number of carbonyl (C=O) groups excluding carboxylic acids is 1. The van der Waals surface area contributed by atoms with E-state index in [2.05, 4.69) is 12.2 Å². The number of rotatable bonds is 21. The van der Waals surface area contributed by atoms with Crippen molar-refractivity contribution in [3.63, 3.8) is 0 Å². The van der Waals surface area contributed by atoms with E-state index in [9.17, 15) is 4.79 Å². The smallest absolute Gasteiger partial charge is 0.220 e. The van der Waals surface area contributed by atoms with Crippen LogP contribution < -0.4 is 5.32 Å². The third kappa shape index (κ3) is 21.4. The third-order valence-electron chi connectivity index (χ3n) is 4.06. The molecule has 0 rings (SSSR count). The average molecular weight is 376 g/mol. The van der Waals surface area contributed by atoms with Crippen LogP contribution in [0.15, 0.2) is 0 Å². The van der Waals surface area contributed by atoms with Crippen molar-refractivity contribution in [1.29, 1.82) is 0 Å². The molecule has 0 unspecified atom stereocenters. The zero-order valence-electron chi connectivity index (χ0n) is 16.8. The van der Waals surface area contributed by atoms with E-state index in [-0.39, 0.29) is 12.5 Å². The van der Waals surface area contributed by atoms with Gasteiger partial charge in [-0.1, -0.05) is 58.3 Å². The highest BCUT2D eigenvalue weighted by atomic mass is 16.5. The predicted molar refractivity (Wildman–Crippen MR) is 104 cm³/mol. The number of carbonyl (C=O) groups is 1. The maximum atomic E-state index is 11.7. The van der Waals surface area contributed by atoms with Gasteiger partial charge in [0.25, 0.3) is 0 Å². The molecule has 0 aliphatic heterocycles. The molecule has 1 amide bonds. The van der Waals surface area contributed by atoms with Crippen LogP contribution in [-0.2, 0) is 19.0 Å². The molecule has 0 saturated heterocycles. The normalized spacial score (nSPS) is 11.0. The molecule has 0 aromatic rings. The van der Waals surface area contributed by atoms with Gasteiger partial charge in [0.05, 0.1) is 46.2 Å². The largest absolute Gasteiger partial charge is 0.394 e. The summed E-state index contributed by atoms with van der Waals surface area (Å²) in [6, 6.07) is 0. The molecule has 0 fully saturated rings. The Morgan fingerprint density at radius 3 is 1.81 bits per heavy atom. The Morgan fingerprint density at radius 2 is 1.23 bits per heavy atom. The molecule has 26 heavy (non-hydrogen) atoms. The summed E-state index contributed by atoms with van der Waals surface area (Å²) in [6.07, 6.45) is 12.0. The fourth-order valence-corrected chi connectivity index (χ4v) is 2.55. The summed E-state index contributed by atoms with van der Waals surface area (Å²) in [5.41, 5.74) is 0. The number of aliphatic hydroxyl groups excluding tert-OH is 1. The summed E-state index contributed by atoms with van der Waals surface area (Å²) >= 11 is 0. The number of hydrogen-bond donors (Lipinski definition) is 2. The zero-order valence-corrected chi connectivity index (χ0v) is 16.8. The minimum atomic E-state index is 0.0357. The molecule has 2 N–H and O–H groups in total. The first kappa shape index (κ1) is 25.3. The Hall–Kier alpha value is -0.690. The molecule has 6 nitrogen and oxygen atoms in total. The summed E-state index contributed by atoms with van der Waals surface area (Å²) in [5.74, 6) is 0.119. The fraction of sp³-hybridized carbons (Fsp3) is 0.950. The van der Waals surface area contributed by atoms with Gasteiger partial charge in [-0.05, 0) is 6.42 Å². The fourth-order valence-electron chi connectivity index (χ4n) is 2.55. The van der Waals surface area contributed by atoms with E-state index < -0.39 is 0 Å². The first-order chi connectivity index (χ1) is 12.8. The lowest BCUT2D eigenvalue weighted by atomic mass is 10.1. The number of hydrogen-bond acceptors (Lipinski definition) is 5. The summed E-state index contributed by atoms with van der Waals surface area (Å²) in [4.78, 5) is 11.7. The van der Waals surface area contributed by atoms with Crippen LogP contribution in [0.4, 0.5) is 0 Å². The Morgan fingerprint density at radius 1 is 0.731 bits per heavy atom. The maximum Gasteiger partial charge on any atom is 0.220 e. The standard InChI is InChI=1S/C20H41NO5/c1-2-3-4-5-6-7-8-9-10-11-20(23)21-12-14-24-16-18-26-19-17-25-15-13-22/h22H,2-19H2,1H3,(H,21,23). The molecule has 0 atom stereocenters. The first-order valence-corrected chi connectivity index (χ1v) is 10.4. The van der Waals surface area contributed by atoms with Crippen LogP contribution in [0.5, 0.6) is 0 Å². The number of aliphatic hydroxyl groups is 1. The van der Waals surface area contributed by atoms with Crippen molar-refractivity contribution in [3.05, 3.63) is 0 Å². The van der Waals surface area contributed by atoms with E-state index in [0.29, 0.717) is 52.6 Å². The summed E-state index contributed by atoms with van der Waals surface area (Å²) in [5, 5.41) is 11.4. The molecule has 0 bridgehead atoms. The number of amides is 1. The lowest BCUT2D eigenvalue weighted by Gasteiger charge is -2.07. The second kappa shape index (κ2) is 22.4. The highest BCUT2D eigenvalue weighted by molar-refractivity contribution is 5.75. The van der Waals surface area contributed by atoms with Gasteiger partial charge in [-0.3, -0.25) is 4.79 Å². The van der Waals surface area contributed by atoms with Gasteiger partial charge in [-0.15, -0.1) is 0 Å². The zero-order chi connectivity index (χ0) is 19.1. The summed E-state index contributed by atoms with van der Waals surface area (Å²) < 4.78 is 15.8. The van der Waals surface area contributed by atoms with Crippen LogP contribution in [0, 0.1) is 0 Å². The van der Waals surface area contributed by atoms with E-state index in [0.717, 1.165) is 12.8 Å². The van der Waals surface area contributed by atoms with E-state index in [1.54, 1.807) is 0 Å². The van der Waals surface area contributed by atoms with Crippen molar-refractivity contribution in [2.75, 3.05) is 52.8 Å². The molecule has 0 spiro atoms. The van der Waals surface area contributed by atoms with Gasteiger partial charge in [-0.2, -0.15) is 0 Å². The lowest BCUT2D eigenvalue weighted by molar-refractivity contribution is -0.121. The highest BCUT2D eigenvalue weighted by Gasteiger charge is 2.00. The molecule has 0 aliphatic carbocycles. The molecule has 6 heteroatoms. The first-order valence-electron chi connectivity index (χ1n) is 10.4. The lowest BCUT2D eigenvalue weighted by Crippen LogP contribution is -2.27. The van der Waals surface area contributed by atoms with E-state index in [4.69, 9.17) is 19.3 Å². The molecule has 0 heterocycles. The van der Waals surface area contributed by atoms with Crippen molar-refractivity contribution < 1.29 is 24.1 Å². The average Bonchev–Trinajstić information content (AvgIpc) is 2.64. The monoisotopic (exact) mass is 375 g/mol. The second-order valence-electron chi connectivity index (χ2n) is 6.49. The van der Waals surface area contributed by atoms with E-state index in [1.165, 1.54) is 44.9 Å². The molecule has 0 radical (unpaired) electrons. The highest BCUT2D eigenvalue weighted by Crippen LogP contribution is 2.10. The molecule has 0 aromatic carbocycles. The Labute approximate surface area is 160 Å². The van der Waals surface area contributed by atoms with Crippen molar-refractivity contribution in [3.8, 4) is 0 Å². The second-order valence-corrected chi connectivity index (χ2v) is 6.49. The van der Waals surface area contributed by atoms with Gasteiger partial charge in [0.2, 0.25) is 5.91 Å². The van der Waals surface area contributed by atoms with Crippen LogP contribution in [0.25, 0.3) is 0 Å². The summed E-state index contributed by atoms with van der Waals surface area (Å²) in [6.45, 7) is 5.68. The Balaban J connectivity index is 3.13. The van der Waals surface area contributed by atoms with Crippen LogP contribution in [0.1, 0.15) is 71.1 Å². The molecule has 0 aliphatic rings. The van der Waals surface area contributed by atoms with Gasteiger partial charge in [0, 0.05) is 13.0 Å². The van der Waals surface area contributed by atoms with Gasteiger partial charge < -0.3 is 24.6 Å². The van der Waals surface area contributed by atoms with E-state index in [1.807, 2.05) is 0 Å². The molecular formula is C20H41NO5. The van der Waals surface area contributed by atoms with Crippen LogP contribution in [0.2, 0.25) is 0 Å². The number of nitrogens with one attached hydrogen (secondary N) is 1. The minimum Gasteiger partial charge on any atom is -0.394 e. The third-order valence-corrected chi connectivity index (χ3v) is 4.06. The van der Waals surface area contributed by atoms with Crippen LogP contribution in [0.3, 0.4) is 0 Å². The molecule has 0 saturated carbocycles. The molecular weight excluding hydrogens is 334 g/mol. The van der Waals surface area contributed by atoms with Crippen molar-refractivity contribution in [2.24, 2.45) is 0 Å². The van der Waals surface area contributed by atoms with Gasteiger partial charge >= 0.3 is 0 Å². The van der Waals surface area contributed by atoms with Crippen molar-refractivity contribution in [1.82, 2.24) is 5.32 Å². The minimum absolute atomic E-state index is 0.0357. The van der Waals surface area contributed by atoms with Crippen molar-refractivity contribution in [2.45, 2.75) is 71.1 Å². The van der Waals surface area contributed by atoms with Crippen LogP contribution in [-0.4, -0.2) is 63.8 Å². The maximum absolute atomic E-state index is 11.7.